The van der Waals surface area contributed by atoms with Crippen molar-refractivity contribution in [3.05, 3.63) is 51.0 Å². The number of halogens is 3. The van der Waals surface area contributed by atoms with E-state index in [1.807, 2.05) is 0 Å². The number of anilines is 1. The Balaban J connectivity index is 2.01. The summed E-state index contributed by atoms with van der Waals surface area (Å²) in [6.07, 6.45) is 0. The quantitative estimate of drug-likeness (QED) is 0.554. The Hall–Kier alpha value is -2.15. The van der Waals surface area contributed by atoms with Gasteiger partial charge in [-0.25, -0.2) is 4.79 Å². The lowest BCUT2D eigenvalue weighted by Gasteiger charge is -2.11. The maximum atomic E-state index is 12.1. The summed E-state index contributed by atoms with van der Waals surface area (Å²) in [5.41, 5.74) is 0.349. The first-order valence-corrected chi connectivity index (χ1v) is 8.33. The molecule has 6 nitrogen and oxygen atoms in total. The third-order valence-electron chi connectivity index (χ3n) is 3.25. The summed E-state index contributed by atoms with van der Waals surface area (Å²) in [5, 5.41) is 2.76. The van der Waals surface area contributed by atoms with E-state index in [0.717, 1.165) is 0 Å². The third kappa shape index (κ3) is 4.72. The van der Waals surface area contributed by atoms with Crippen molar-refractivity contribution in [3.63, 3.8) is 0 Å². The van der Waals surface area contributed by atoms with Gasteiger partial charge in [-0.3, -0.25) is 4.79 Å². The summed E-state index contributed by atoms with van der Waals surface area (Å²) in [6.45, 7) is -0.535. The van der Waals surface area contributed by atoms with Crippen molar-refractivity contribution >= 4 is 52.4 Å². The number of rotatable bonds is 6. The second kappa shape index (κ2) is 8.98. The topological polar surface area (TPSA) is 73.9 Å². The molecule has 26 heavy (non-hydrogen) atoms. The molecular formula is C17H14Cl3NO5. The van der Waals surface area contributed by atoms with E-state index in [1.165, 1.54) is 26.4 Å². The van der Waals surface area contributed by atoms with Crippen molar-refractivity contribution in [2.75, 3.05) is 26.1 Å². The molecule has 0 fully saturated rings. The van der Waals surface area contributed by atoms with Crippen LogP contribution >= 0.6 is 34.8 Å². The number of carbonyl (C=O) groups excluding carboxylic acids is 2. The molecule has 1 N–H and O–H groups in total. The molecule has 0 spiro atoms. The number of methoxy groups -OCH3 is 2. The first-order chi connectivity index (χ1) is 12.4. The molecule has 0 heterocycles. The lowest BCUT2D eigenvalue weighted by Crippen LogP contribution is -2.21. The van der Waals surface area contributed by atoms with Crippen LogP contribution in [0.4, 0.5) is 5.69 Å². The fourth-order valence-electron chi connectivity index (χ4n) is 2.03. The molecule has 1 amide bonds. The van der Waals surface area contributed by atoms with E-state index in [-0.39, 0.29) is 20.6 Å². The van der Waals surface area contributed by atoms with E-state index < -0.39 is 18.5 Å². The monoisotopic (exact) mass is 417 g/mol. The molecule has 138 valence electrons. The first-order valence-electron chi connectivity index (χ1n) is 7.20. The number of amides is 1. The van der Waals surface area contributed by atoms with Gasteiger partial charge in [-0.15, -0.1) is 0 Å². The van der Waals surface area contributed by atoms with Crippen LogP contribution in [0, 0.1) is 0 Å². The van der Waals surface area contributed by atoms with Crippen LogP contribution in [0.15, 0.2) is 30.3 Å². The van der Waals surface area contributed by atoms with Gasteiger partial charge in [-0.2, -0.15) is 0 Å². The average molecular weight is 419 g/mol. The lowest BCUT2D eigenvalue weighted by atomic mass is 10.2. The number of carbonyl (C=O) groups is 2. The number of benzene rings is 2. The molecule has 9 heteroatoms. The van der Waals surface area contributed by atoms with Gasteiger partial charge in [0.1, 0.15) is 0 Å². The first kappa shape index (κ1) is 20.2. The normalized spacial score (nSPS) is 10.2. The number of hydrogen-bond acceptors (Lipinski definition) is 5. The van der Waals surface area contributed by atoms with Crippen molar-refractivity contribution < 1.29 is 23.8 Å². The van der Waals surface area contributed by atoms with Crippen LogP contribution in [0.2, 0.25) is 15.1 Å². The highest BCUT2D eigenvalue weighted by atomic mass is 35.5. The predicted molar refractivity (Wildman–Crippen MR) is 99.9 cm³/mol. The summed E-state index contributed by atoms with van der Waals surface area (Å²) in [6, 6.07) is 7.68. The fraction of sp³-hybridized carbons (Fsp3) is 0.176. The molecule has 0 atom stereocenters. The van der Waals surface area contributed by atoms with E-state index >= 15 is 0 Å². The van der Waals surface area contributed by atoms with E-state index in [1.54, 1.807) is 18.2 Å². The minimum Gasteiger partial charge on any atom is -0.493 e. The Bertz CT molecular complexity index is 841. The van der Waals surface area contributed by atoms with Gasteiger partial charge < -0.3 is 19.5 Å². The maximum Gasteiger partial charge on any atom is 0.341 e. The molecule has 0 aromatic heterocycles. The highest BCUT2D eigenvalue weighted by Crippen LogP contribution is 2.32. The van der Waals surface area contributed by atoms with Gasteiger partial charge in [-0.1, -0.05) is 34.8 Å². The second-order valence-corrected chi connectivity index (χ2v) is 6.10. The average Bonchev–Trinajstić information content (AvgIpc) is 2.63. The van der Waals surface area contributed by atoms with Gasteiger partial charge in [0.25, 0.3) is 5.91 Å². The van der Waals surface area contributed by atoms with Gasteiger partial charge in [0.2, 0.25) is 0 Å². The van der Waals surface area contributed by atoms with E-state index in [0.29, 0.717) is 17.2 Å². The summed E-state index contributed by atoms with van der Waals surface area (Å²) < 4.78 is 15.2. The molecule has 0 radical (unpaired) electrons. The molecule has 0 saturated heterocycles. The van der Waals surface area contributed by atoms with Crippen LogP contribution < -0.4 is 14.8 Å². The molecule has 2 rings (SSSR count). The zero-order valence-electron chi connectivity index (χ0n) is 13.8. The Labute approximate surface area is 164 Å². The van der Waals surface area contributed by atoms with Gasteiger partial charge in [0.05, 0.1) is 34.9 Å². The van der Waals surface area contributed by atoms with Crippen molar-refractivity contribution in [2.45, 2.75) is 0 Å². The summed E-state index contributed by atoms with van der Waals surface area (Å²) in [5.74, 6) is -0.452. The fourth-order valence-corrected chi connectivity index (χ4v) is 2.71. The molecular weight excluding hydrogens is 405 g/mol. The number of hydrogen-bond donors (Lipinski definition) is 1. The predicted octanol–water partition coefficient (Wildman–Crippen LogP) is 4.46. The molecule has 0 unspecified atom stereocenters. The minimum atomic E-state index is -0.857. The van der Waals surface area contributed by atoms with E-state index in [2.05, 4.69) is 5.32 Å². The van der Waals surface area contributed by atoms with E-state index in [9.17, 15) is 9.59 Å². The van der Waals surface area contributed by atoms with Crippen LogP contribution in [-0.4, -0.2) is 32.7 Å². The smallest absolute Gasteiger partial charge is 0.341 e. The zero-order valence-corrected chi connectivity index (χ0v) is 16.0. The highest BCUT2D eigenvalue weighted by Gasteiger charge is 2.20. The summed E-state index contributed by atoms with van der Waals surface area (Å²) in [4.78, 5) is 24.1. The summed E-state index contributed by atoms with van der Waals surface area (Å²) in [7, 11) is 2.98. The van der Waals surface area contributed by atoms with Crippen LogP contribution in [0.1, 0.15) is 10.4 Å². The van der Waals surface area contributed by atoms with Gasteiger partial charge in [0, 0.05) is 11.8 Å². The lowest BCUT2D eigenvalue weighted by molar-refractivity contribution is -0.119. The SMILES string of the molecule is COc1ccc(NC(=O)COC(=O)c2c(Cl)ccc(Cl)c2Cl)cc1OC. The molecule has 0 aliphatic carbocycles. The Morgan fingerprint density at radius 3 is 2.27 bits per heavy atom. The number of esters is 1. The van der Waals surface area contributed by atoms with E-state index in [4.69, 9.17) is 49.0 Å². The Morgan fingerprint density at radius 2 is 1.62 bits per heavy atom. The van der Waals surface area contributed by atoms with Crippen LogP contribution in [0.3, 0.4) is 0 Å². The molecule has 0 bridgehead atoms. The third-order valence-corrected chi connectivity index (χ3v) is 4.37. The summed E-state index contributed by atoms with van der Waals surface area (Å²) >= 11 is 17.7. The van der Waals surface area contributed by atoms with Crippen molar-refractivity contribution in [1.29, 1.82) is 0 Å². The Kier molecular flexibility index (Phi) is 6.97. The van der Waals surface area contributed by atoms with Crippen molar-refractivity contribution in [2.24, 2.45) is 0 Å². The van der Waals surface area contributed by atoms with Gasteiger partial charge in [0.15, 0.2) is 18.1 Å². The molecule has 0 aliphatic heterocycles. The molecule has 0 saturated carbocycles. The molecule has 0 aliphatic rings. The molecule has 2 aromatic rings. The molecule has 2 aromatic carbocycles. The standard InChI is InChI=1S/C17H14Cl3NO5/c1-24-12-6-3-9(7-13(12)25-2)21-14(22)8-26-17(23)15-10(18)4-5-11(19)16(15)20/h3-7H,8H2,1-2H3,(H,21,22). The highest BCUT2D eigenvalue weighted by molar-refractivity contribution is 6.46. The second-order valence-electron chi connectivity index (χ2n) is 4.91. The maximum absolute atomic E-state index is 12.1. The van der Waals surface area contributed by atoms with Gasteiger partial charge >= 0.3 is 5.97 Å². The van der Waals surface area contributed by atoms with Crippen LogP contribution in [0.25, 0.3) is 0 Å². The van der Waals surface area contributed by atoms with Crippen LogP contribution in [-0.2, 0) is 9.53 Å². The van der Waals surface area contributed by atoms with Gasteiger partial charge in [-0.05, 0) is 24.3 Å². The van der Waals surface area contributed by atoms with Crippen molar-refractivity contribution in [3.8, 4) is 11.5 Å². The van der Waals surface area contributed by atoms with Crippen molar-refractivity contribution in [1.82, 2.24) is 0 Å². The minimum absolute atomic E-state index is 0.0375. The van der Waals surface area contributed by atoms with Crippen LogP contribution in [0.5, 0.6) is 11.5 Å². The zero-order chi connectivity index (χ0) is 19.3. The largest absolute Gasteiger partial charge is 0.493 e. The number of nitrogens with one attached hydrogen (secondary N) is 1. The Morgan fingerprint density at radius 1 is 0.962 bits per heavy atom. The number of ether oxygens (including phenoxy) is 3.